The summed E-state index contributed by atoms with van der Waals surface area (Å²) in [5, 5.41) is 17.0. The quantitative estimate of drug-likeness (QED) is 0.728. The molecular formula is C9H7FN2O2. The average Bonchev–Trinajstić information content (AvgIpc) is 2.17. The molecule has 0 bridgehead atoms. The zero-order valence-corrected chi connectivity index (χ0v) is 7.07. The molecule has 5 heteroatoms. The topological polar surface area (TPSA) is 87.1 Å². The molecule has 0 fully saturated rings. The molecule has 1 unspecified atom stereocenters. The minimum Gasteiger partial charge on any atom is -0.480 e. The summed E-state index contributed by atoms with van der Waals surface area (Å²) in [4.78, 5) is 10.5. The highest BCUT2D eigenvalue weighted by molar-refractivity contribution is 5.75. The van der Waals surface area contributed by atoms with Crippen LogP contribution in [0.5, 0.6) is 0 Å². The van der Waals surface area contributed by atoms with Gasteiger partial charge in [-0.15, -0.1) is 0 Å². The molecule has 3 N–H and O–H groups in total. The standard InChI is InChI=1S/C9H7FN2O2/c10-7-5(4-11)2-1-3-6(7)8(12)9(13)14/h1-3,8H,12H2,(H,13,14). The van der Waals surface area contributed by atoms with Crippen molar-refractivity contribution in [3.8, 4) is 6.07 Å². The fraction of sp³-hybridized carbons (Fsp3) is 0.111. The molecule has 0 heterocycles. The van der Waals surface area contributed by atoms with Crippen molar-refractivity contribution >= 4 is 5.97 Å². The second-order valence-electron chi connectivity index (χ2n) is 2.64. The molecule has 1 rings (SSSR count). The molecule has 14 heavy (non-hydrogen) atoms. The van der Waals surface area contributed by atoms with E-state index in [1.165, 1.54) is 18.2 Å². The van der Waals surface area contributed by atoms with Crippen LogP contribution in [-0.2, 0) is 4.79 Å². The van der Waals surface area contributed by atoms with Crippen LogP contribution >= 0.6 is 0 Å². The van der Waals surface area contributed by atoms with Gasteiger partial charge < -0.3 is 10.8 Å². The number of benzene rings is 1. The highest BCUT2D eigenvalue weighted by Gasteiger charge is 2.19. The molecule has 1 atom stereocenters. The van der Waals surface area contributed by atoms with E-state index in [4.69, 9.17) is 16.1 Å². The minimum atomic E-state index is -1.44. The fourth-order valence-electron chi connectivity index (χ4n) is 1.01. The first kappa shape index (κ1) is 10.2. The lowest BCUT2D eigenvalue weighted by Crippen LogP contribution is -2.22. The van der Waals surface area contributed by atoms with Crippen molar-refractivity contribution in [3.63, 3.8) is 0 Å². The van der Waals surface area contributed by atoms with Crippen LogP contribution in [0.2, 0.25) is 0 Å². The van der Waals surface area contributed by atoms with E-state index in [1.54, 1.807) is 6.07 Å². The Labute approximate surface area is 79.4 Å². The molecule has 0 spiro atoms. The van der Waals surface area contributed by atoms with Crippen LogP contribution in [0.25, 0.3) is 0 Å². The Balaban J connectivity index is 3.24. The molecule has 72 valence electrons. The second-order valence-corrected chi connectivity index (χ2v) is 2.64. The zero-order chi connectivity index (χ0) is 10.7. The van der Waals surface area contributed by atoms with Gasteiger partial charge in [0.15, 0.2) is 0 Å². The predicted octanol–water partition coefficient (Wildman–Crippen LogP) is 0.782. The number of nitrogens with zero attached hydrogens (tertiary/aromatic N) is 1. The first-order valence-electron chi connectivity index (χ1n) is 3.75. The highest BCUT2D eigenvalue weighted by atomic mass is 19.1. The van der Waals surface area contributed by atoms with Crippen LogP contribution in [-0.4, -0.2) is 11.1 Å². The molecule has 1 aromatic carbocycles. The molecule has 1 aromatic rings. The third-order valence-corrected chi connectivity index (χ3v) is 1.75. The number of nitriles is 1. The monoisotopic (exact) mass is 194 g/mol. The largest absolute Gasteiger partial charge is 0.480 e. The zero-order valence-electron chi connectivity index (χ0n) is 7.07. The highest BCUT2D eigenvalue weighted by Crippen LogP contribution is 2.17. The summed E-state index contributed by atoms with van der Waals surface area (Å²) in [6.45, 7) is 0. The normalized spacial score (nSPS) is 11.8. The summed E-state index contributed by atoms with van der Waals surface area (Å²) in [5.41, 5.74) is 4.82. The molecule has 0 amide bonds. The SMILES string of the molecule is N#Cc1cccc(C(N)C(=O)O)c1F. The van der Waals surface area contributed by atoms with Gasteiger partial charge in [0, 0.05) is 5.56 Å². The third kappa shape index (κ3) is 1.70. The van der Waals surface area contributed by atoms with E-state index in [2.05, 4.69) is 0 Å². The van der Waals surface area contributed by atoms with Crippen LogP contribution in [0.1, 0.15) is 17.2 Å². The van der Waals surface area contributed by atoms with E-state index in [-0.39, 0.29) is 11.1 Å². The maximum Gasteiger partial charge on any atom is 0.325 e. The Kier molecular flexibility index (Phi) is 2.79. The molecule has 0 saturated carbocycles. The number of hydrogen-bond acceptors (Lipinski definition) is 3. The van der Waals surface area contributed by atoms with E-state index in [0.29, 0.717) is 0 Å². The van der Waals surface area contributed by atoms with Crippen LogP contribution in [0, 0.1) is 17.1 Å². The molecular weight excluding hydrogens is 187 g/mol. The number of carboxylic acids is 1. The number of hydrogen-bond donors (Lipinski definition) is 2. The van der Waals surface area contributed by atoms with E-state index < -0.39 is 17.8 Å². The van der Waals surface area contributed by atoms with Crippen molar-refractivity contribution in [1.82, 2.24) is 0 Å². The minimum absolute atomic E-state index is 0.184. The second kappa shape index (κ2) is 3.85. The van der Waals surface area contributed by atoms with Crippen molar-refractivity contribution < 1.29 is 14.3 Å². The van der Waals surface area contributed by atoms with Crippen LogP contribution in [0.4, 0.5) is 4.39 Å². The van der Waals surface area contributed by atoms with Crippen LogP contribution < -0.4 is 5.73 Å². The first-order valence-corrected chi connectivity index (χ1v) is 3.75. The Hall–Kier alpha value is -1.93. The number of halogens is 1. The van der Waals surface area contributed by atoms with Gasteiger partial charge in [0.25, 0.3) is 0 Å². The summed E-state index contributed by atoms with van der Waals surface area (Å²) < 4.78 is 13.3. The molecule has 0 aliphatic rings. The molecule has 4 nitrogen and oxygen atoms in total. The number of carboxylic acid groups (broad SMARTS) is 1. The van der Waals surface area contributed by atoms with Gasteiger partial charge in [-0.2, -0.15) is 5.26 Å². The van der Waals surface area contributed by atoms with E-state index in [9.17, 15) is 9.18 Å². The molecule has 0 aliphatic heterocycles. The number of rotatable bonds is 2. The maximum atomic E-state index is 13.3. The van der Waals surface area contributed by atoms with Gasteiger partial charge in [-0.3, -0.25) is 4.79 Å². The van der Waals surface area contributed by atoms with Crippen molar-refractivity contribution in [2.45, 2.75) is 6.04 Å². The van der Waals surface area contributed by atoms with Crippen LogP contribution in [0.3, 0.4) is 0 Å². The molecule has 0 radical (unpaired) electrons. The number of carbonyl (C=O) groups is 1. The van der Waals surface area contributed by atoms with Gasteiger partial charge >= 0.3 is 5.97 Å². The van der Waals surface area contributed by atoms with E-state index in [0.717, 1.165) is 0 Å². The van der Waals surface area contributed by atoms with Crippen molar-refractivity contribution in [3.05, 3.63) is 35.1 Å². The van der Waals surface area contributed by atoms with E-state index in [1.807, 2.05) is 0 Å². The van der Waals surface area contributed by atoms with Gasteiger partial charge in [0.2, 0.25) is 0 Å². The van der Waals surface area contributed by atoms with Gasteiger partial charge in [0.1, 0.15) is 17.9 Å². The Morgan fingerprint density at radius 2 is 2.29 bits per heavy atom. The first-order chi connectivity index (χ1) is 6.57. The lowest BCUT2D eigenvalue weighted by atomic mass is 10.0. The smallest absolute Gasteiger partial charge is 0.325 e. The lowest BCUT2D eigenvalue weighted by Gasteiger charge is -2.07. The van der Waals surface area contributed by atoms with Gasteiger partial charge in [-0.05, 0) is 6.07 Å². The molecule has 0 aromatic heterocycles. The number of aliphatic carboxylic acids is 1. The Morgan fingerprint density at radius 1 is 1.64 bits per heavy atom. The van der Waals surface area contributed by atoms with Crippen molar-refractivity contribution in [1.29, 1.82) is 5.26 Å². The maximum absolute atomic E-state index is 13.3. The van der Waals surface area contributed by atoms with Crippen LogP contribution in [0.15, 0.2) is 18.2 Å². The summed E-state index contributed by atoms with van der Waals surface area (Å²) in [6.07, 6.45) is 0. The van der Waals surface area contributed by atoms with Gasteiger partial charge in [0.05, 0.1) is 5.56 Å². The Morgan fingerprint density at radius 3 is 2.79 bits per heavy atom. The molecule has 0 aliphatic carbocycles. The molecule has 0 saturated heterocycles. The van der Waals surface area contributed by atoms with Crippen molar-refractivity contribution in [2.24, 2.45) is 5.73 Å². The van der Waals surface area contributed by atoms with Gasteiger partial charge in [-0.1, -0.05) is 12.1 Å². The third-order valence-electron chi connectivity index (χ3n) is 1.75. The lowest BCUT2D eigenvalue weighted by molar-refractivity contribution is -0.138. The van der Waals surface area contributed by atoms with E-state index >= 15 is 0 Å². The van der Waals surface area contributed by atoms with Crippen molar-refractivity contribution in [2.75, 3.05) is 0 Å². The summed E-state index contributed by atoms with van der Waals surface area (Å²) in [5.74, 6) is -2.20. The number of nitrogens with two attached hydrogens (primary N) is 1. The summed E-state index contributed by atoms with van der Waals surface area (Å²) in [6, 6.07) is 4.06. The summed E-state index contributed by atoms with van der Waals surface area (Å²) in [7, 11) is 0. The average molecular weight is 194 g/mol. The van der Waals surface area contributed by atoms with Gasteiger partial charge in [-0.25, -0.2) is 4.39 Å². The predicted molar refractivity (Wildman–Crippen MR) is 45.7 cm³/mol. The summed E-state index contributed by atoms with van der Waals surface area (Å²) >= 11 is 0. The fourth-order valence-corrected chi connectivity index (χ4v) is 1.01. The Bertz CT molecular complexity index is 412.